The summed E-state index contributed by atoms with van der Waals surface area (Å²) in [5.41, 5.74) is 10.5. The van der Waals surface area contributed by atoms with Gasteiger partial charge in [-0.25, -0.2) is 0 Å². The topological polar surface area (TPSA) is 52.0 Å². The summed E-state index contributed by atoms with van der Waals surface area (Å²) in [6.07, 6.45) is 0. The SMILES string of the molecule is CCN(CC)c1ccc(CN=[N+]=[N-])cc1. The van der Waals surface area contributed by atoms with Crippen LogP contribution in [0.4, 0.5) is 5.69 Å². The lowest BCUT2D eigenvalue weighted by molar-refractivity contribution is 0.865. The van der Waals surface area contributed by atoms with E-state index in [1.165, 1.54) is 5.69 Å². The quantitative estimate of drug-likeness (QED) is 0.412. The zero-order valence-electron chi connectivity index (χ0n) is 9.22. The first-order chi connectivity index (χ1) is 7.31. The number of rotatable bonds is 5. The van der Waals surface area contributed by atoms with Crippen LogP contribution in [0.1, 0.15) is 19.4 Å². The summed E-state index contributed by atoms with van der Waals surface area (Å²) in [5.74, 6) is 0. The van der Waals surface area contributed by atoms with Crippen LogP contribution in [0.5, 0.6) is 0 Å². The molecule has 4 nitrogen and oxygen atoms in total. The third-order valence-electron chi connectivity index (χ3n) is 2.38. The third kappa shape index (κ3) is 3.18. The Balaban J connectivity index is 2.74. The van der Waals surface area contributed by atoms with Crippen LogP contribution in [0.3, 0.4) is 0 Å². The Labute approximate surface area is 90.1 Å². The molecule has 0 atom stereocenters. The Morgan fingerprint density at radius 3 is 2.27 bits per heavy atom. The predicted molar refractivity (Wildman–Crippen MR) is 62.9 cm³/mol. The monoisotopic (exact) mass is 204 g/mol. The van der Waals surface area contributed by atoms with E-state index in [2.05, 4.69) is 40.9 Å². The van der Waals surface area contributed by atoms with Crippen molar-refractivity contribution >= 4 is 5.69 Å². The van der Waals surface area contributed by atoms with Gasteiger partial charge in [0.25, 0.3) is 0 Å². The van der Waals surface area contributed by atoms with Crippen molar-refractivity contribution in [1.82, 2.24) is 0 Å². The first-order valence-electron chi connectivity index (χ1n) is 5.16. The minimum Gasteiger partial charge on any atom is -0.372 e. The van der Waals surface area contributed by atoms with Gasteiger partial charge in [0, 0.05) is 23.7 Å². The number of nitrogens with zero attached hydrogens (tertiary/aromatic N) is 4. The van der Waals surface area contributed by atoms with Crippen molar-refractivity contribution in [3.8, 4) is 0 Å². The molecule has 0 aliphatic carbocycles. The maximum Gasteiger partial charge on any atom is 0.0510 e. The maximum absolute atomic E-state index is 8.20. The molecule has 0 unspecified atom stereocenters. The highest BCUT2D eigenvalue weighted by molar-refractivity contribution is 5.47. The minimum atomic E-state index is 0.426. The largest absolute Gasteiger partial charge is 0.372 e. The third-order valence-corrected chi connectivity index (χ3v) is 2.38. The van der Waals surface area contributed by atoms with Crippen molar-refractivity contribution in [3.63, 3.8) is 0 Å². The number of benzene rings is 1. The summed E-state index contributed by atoms with van der Waals surface area (Å²) in [6.45, 7) is 6.71. The fourth-order valence-electron chi connectivity index (χ4n) is 1.51. The zero-order valence-corrected chi connectivity index (χ0v) is 9.22. The summed E-state index contributed by atoms with van der Waals surface area (Å²) >= 11 is 0. The van der Waals surface area contributed by atoms with E-state index in [1.54, 1.807) is 0 Å². The summed E-state index contributed by atoms with van der Waals surface area (Å²) in [6, 6.07) is 8.13. The number of azide groups is 1. The predicted octanol–water partition coefficient (Wildman–Crippen LogP) is 3.34. The highest BCUT2D eigenvalue weighted by Crippen LogP contribution is 2.15. The normalized spacial score (nSPS) is 9.47. The van der Waals surface area contributed by atoms with Gasteiger partial charge in [-0.3, -0.25) is 0 Å². The first kappa shape index (κ1) is 11.4. The van der Waals surface area contributed by atoms with E-state index in [9.17, 15) is 0 Å². The Hall–Kier alpha value is -1.67. The molecule has 1 rings (SSSR count). The Bertz CT molecular complexity index is 334. The molecule has 1 aromatic rings. The van der Waals surface area contributed by atoms with Gasteiger partial charge in [0.1, 0.15) is 0 Å². The molecular weight excluding hydrogens is 188 g/mol. The molecule has 0 saturated heterocycles. The van der Waals surface area contributed by atoms with E-state index in [0.717, 1.165) is 18.7 Å². The number of anilines is 1. The molecule has 0 aromatic heterocycles. The summed E-state index contributed by atoms with van der Waals surface area (Å²) < 4.78 is 0. The van der Waals surface area contributed by atoms with E-state index in [1.807, 2.05) is 12.1 Å². The van der Waals surface area contributed by atoms with Crippen LogP contribution in [0.2, 0.25) is 0 Å². The second-order valence-electron chi connectivity index (χ2n) is 3.23. The average Bonchev–Trinajstić information content (AvgIpc) is 2.29. The van der Waals surface area contributed by atoms with Gasteiger partial charge in [0.15, 0.2) is 0 Å². The van der Waals surface area contributed by atoms with E-state index >= 15 is 0 Å². The molecule has 0 saturated carbocycles. The van der Waals surface area contributed by atoms with Gasteiger partial charge in [0.2, 0.25) is 0 Å². The van der Waals surface area contributed by atoms with Crippen LogP contribution in [-0.2, 0) is 6.54 Å². The summed E-state index contributed by atoms with van der Waals surface area (Å²) in [4.78, 5) is 5.01. The highest BCUT2D eigenvalue weighted by Gasteiger charge is 2.00. The second-order valence-corrected chi connectivity index (χ2v) is 3.23. The number of hydrogen-bond donors (Lipinski definition) is 0. The van der Waals surface area contributed by atoms with Crippen LogP contribution in [0.15, 0.2) is 29.4 Å². The average molecular weight is 204 g/mol. The van der Waals surface area contributed by atoms with Gasteiger partial charge in [-0.2, -0.15) is 0 Å². The molecule has 0 amide bonds. The van der Waals surface area contributed by atoms with E-state index in [4.69, 9.17) is 5.53 Å². The van der Waals surface area contributed by atoms with Crippen LogP contribution in [-0.4, -0.2) is 13.1 Å². The number of hydrogen-bond acceptors (Lipinski definition) is 2. The summed E-state index contributed by atoms with van der Waals surface area (Å²) in [5, 5.41) is 3.52. The van der Waals surface area contributed by atoms with E-state index < -0.39 is 0 Å². The standard InChI is InChI=1S/C11H16N4/c1-3-15(4-2)11-7-5-10(6-8-11)9-13-14-12/h5-8H,3-4,9H2,1-2H3. The summed E-state index contributed by atoms with van der Waals surface area (Å²) in [7, 11) is 0. The molecule has 0 N–H and O–H groups in total. The molecule has 15 heavy (non-hydrogen) atoms. The van der Waals surface area contributed by atoms with Crippen molar-refractivity contribution < 1.29 is 0 Å². The molecular formula is C11H16N4. The molecule has 0 heterocycles. The van der Waals surface area contributed by atoms with Crippen molar-refractivity contribution in [2.75, 3.05) is 18.0 Å². The Kier molecular flexibility index (Phi) is 4.51. The van der Waals surface area contributed by atoms with Gasteiger partial charge in [-0.1, -0.05) is 17.2 Å². The molecule has 0 aliphatic heterocycles. The van der Waals surface area contributed by atoms with Gasteiger partial charge in [-0.15, -0.1) is 0 Å². The molecule has 0 radical (unpaired) electrons. The first-order valence-corrected chi connectivity index (χ1v) is 5.16. The van der Waals surface area contributed by atoms with Gasteiger partial charge in [0.05, 0.1) is 6.54 Å². The van der Waals surface area contributed by atoms with Crippen LogP contribution in [0.25, 0.3) is 10.4 Å². The van der Waals surface area contributed by atoms with Crippen molar-refractivity contribution in [1.29, 1.82) is 0 Å². The molecule has 0 bridgehead atoms. The molecule has 0 spiro atoms. The van der Waals surface area contributed by atoms with Crippen LogP contribution in [0, 0.1) is 0 Å². The lowest BCUT2D eigenvalue weighted by atomic mass is 10.2. The fraction of sp³-hybridized carbons (Fsp3) is 0.455. The molecule has 0 fully saturated rings. The van der Waals surface area contributed by atoms with Crippen molar-refractivity contribution in [2.24, 2.45) is 5.11 Å². The lowest BCUT2D eigenvalue weighted by Crippen LogP contribution is -2.21. The van der Waals surface area contributed by atoms with Crippen LogP contribution >= 0.6 is 0 Å². The van der Waals surface area contributed by atoms with Crippen molar-refractivity contribution in [2.45, 2.75) is 20.4 Å². The molecule has 80 valence electrons. The highest BCUT2D eigenvalue weighted by atomic mass is 15.1. The van der Waals surface area contributed by atoms with E-state index in [0.29, 0.717) is 6.54 Å². The van der Waals surface area contributed by atoms with E-state index in [-0.39, 0.29) is 0 Å². The zero-order chi connectivity index (χ0) is 11.1. The molecule has 4 heteroatoms. The maximum atomic E-state index is 8.20. The Morgan fingerprint density at radius 1 is 1.20 bits per heavy atom. The molecule has 0 aliphatic rings. The minimum absolute atomic E-state index is 0.426. The fourth-order valence-corrected chi connectivity index (χ4v) is 1.51. The molecule has 1 aromatic carbocycles. The van der Waals surface area contributed by atoms with Gasteiger partial charge >= 0.3 is 0 Å². The van der Waals surface area contributed by atoms with Crippen LogP contribution < -0.4 is 4.90 Å². The smallest absolute Gasteiger partial charge is 0.0510 e. The Morgan fingerprint density at radius 2 is 1.80 bits per heavy atom. The lowest BCUT2D eigenvalue weighted by Gasteiger charge is -2.20. The van der Waals surface area contributed by atoms with Gasteiger partial charge in [-0.05, 0) is 37.1 Å². The van der Waals surface area contributed by atoms with Gasteiger partial charge < -0.3 is 4.90 Å². The van der Waals surface area contributed by atoms with Crippen molar-refractivity contribution in [3.05, 3.63) is 40.3 Å². The second kappa shape index (κ2) is 5.94.